The number of hydrogen-bond acceptors (Lipinski definition) is 3. The summed E-state index contributed by atoms with van der Waals surface area (Å²) in [6.07, 6.45) is 3.19. The van der Waals surface area contributed by atoms with E-state index in [9.17, 15) is 0 Å². The molecule has 0 aromatic carbocycles. The normalized spacial score (nSPS) is 27.1. The fourth-order valence-electron chi connectivity index (χ4n) is 1.89. The van der Waals surface area contributed by atoms with Crippen LogP contribution < -0.4 is 5.32 Å². The zero-order valence-electron chi connectivity index (χ0n) is 9.19. The molecule has 1 aromatic heterocycles. The van der Waals surface area contributed by atoms with Crippen LogP contribution in [0.5, 0.6) is 0 Å². The summed E-state index contributed by atoms with van der Waals surface area (Å²) in [4.78, 5) is 0. The monoisotopic (exact) mass is 239 g/mol. The Kier molecular flexibility index (Phi) is 3.54. The number of rotatable bonds is 3. The molecule has 0 radical (unpaired) electrons. The minimum absolute atomic E-state index is 0.387. The third-order valence-electron chi connectivity index (χ3n) is 2.73. The number of nitrogens with one attached hydrogen (secondary N) is 1. The molecule has 1 nitrogen and oxygen atoms in total. The lowest BCUT2D eigenvalue weighted by Gasteiger charge is -2.29. The van der Waals surface area contributed by atoms with Gasteiger partial charge in [-0.05, 0) is 30.4 Å². The van der Waals surface area contributed by atoms with Gasteiger partial charge in [-0.3, -0.25) is 0 Å². The summed E-state index contributed by atoms with van der Waals surface area (Å²) >= 11 is 3.87. The van der Waals surface area contributed by atoms with Crippen LogP contribution in [0.4, 0.5) is 0 Å². The van der Waals surface area contributed by atoms with Crippen LogP contribution in [0.15, 0.2) is 28.3 Å². The summed E-state index contributed by atoms with van der Waals surface area (Å²) in [7, 11) is 0. The van der Waals surface area contributed by atoms with Crippen molar-refractivity contribution in [3.63, 3.8) is 0 Å². The second-order valence-corrected chi connectivity index (χ2v) is 6.69. The van der Waals surface area contributed by atoms with E-state index in [4.69, 9.17) is 0 Å². The first-order chi connectivity index (χ1) is 7.20. The molecule has 0 fully saturated rings. The van der Waals surface area contributed by atoms with Gasteiger partial charge in [0.2, 0.25) is 0 Å². The van der Waals surface area contributed by atoms with E-state index in [1.807, 2.05) is 29.2 Å². The van der Waals surface area contributed by atoms with Gasteiger partial charge in [0, 0.05) is 17.3 Å². The van der Waals surface area contributed by atoms with E-state index in [0.29, 0.717) is 17.3 Å². The van der Waals surface area contributed by atoms with Crippen LogP contribution in [0.3, 0.4) is 0 Å². The molecule has 2 rings (SSSR count). The third-order valence-corrected chi connectivity index (χ3v) is 5.07. The summed E-state index contributed by atoms with van der Waals surface area (Å²) < 4.78 is 1.49. The van der Waals surface area contributed by atoms with Gasteiger partial charge in [0.25, 0.3) is 0 Å². The Morgan fingerprint density at radius 3 is 3.20 bits per heavy atom. The Morgan fingerprint density at radius 1 is 1.67 bits per heavy atom. The summed E-state index contributed by atoms with van der Waals surface area (Å²) in [5, 5.41) is 6.53. The summed E-state index contributed by atoms with van der Waals surface area (Å²) in [6.45, 7) is 8.29. The number of thiophene rings is 1. The van der Waals surface area contributed by atoms with E-state index < -0.39 is 0 Å². The Morgan fingerprint density at radius 2 is 2.47 bits per heavy atom. The topological polar surface area (TPSA) is 12.0 Å². The highest BCUT2D eigenvalue weighted by molar-refractivity contribution is 8.01. The van der Waals surface area contributed by atoms with E-state index in [1.54, 1.807) is 0 Å². The van der Waals surface area contributed by atoms with Gasteiger partial charge >= 0.3 is 0 Å². The maximum Gasteiger partial charge on any atom is 0.0649 e. The number of thioether (sulfide) groups is 1. The molecule has 15 heavy (non-hydrogen) atoms. The van der Waals surface area contributed by atoms with Gasteiger partial charge < -0.3 is 5.32 Å². The molecule has 1 aliphatic rings. The number of fused-ring (bicyclic) bond motifs is 1. The van der Waals surface area contributed by atoms with Crippen molar-refractivity contribution in [3.05, 3.63) is 29.7 Å². The average molecular weight is 239 g/mol. The highest BCUT2D eigenvalue weighted by Gasteiger charge is 2.26. The van der Waals surface area contributed by atoms with Crippen LogP contribution in [0, 0.1) is 0 Å². The molecule has 3 heteroatoms. The van der Waals surface area contributed by atoms with E-state index in [-0.39, 0.29) is 0 Å². The number of hydrogen-bond donors (Lipinski definition) is 1. The zero-order valence-corrected chi connectivity index (χ0v) is 10.8. The summed E-state index contributed by atoms with van der Waals surface area (Å²) in [6, 6.07) is 3.15. The molecule has 82 valence electrons. The first kappa shape index (κ1) is 11.2. The van der Waals surface area contributed by atoms with E-state index >= 15 is 0 Å². The van der Waals surface area contributed by atoms with Crippen LogP contribution in [-0.4, -0.2) is 11.3 Å². The second-order valence-electron chi connectivity index (χ2n) is 4.07. The van der Waals surface area contributed by atoms with E-state index in [1.165, 1.54) is 16.2 Å². The highest BCUT2D eigenvalue weighted by atomic mass is 32.2. The highest BCUT2D eigenvalue weighted by Crippen LogP contribution is 2.43. The van der Waals surface area contributed by atoms with Gasteiger partial charge in [-0.2, -0.15) is 0 Å². The molecule has 2 heterocycles. The van der Waals surface area contributed by atoms with Crippen molar-refractivity contribution in [1.29, 1.82) is 0 Å². The van der Waals surface area contributed by atoms with Crippen LogP contribution >= 0.6 is 23.1 Å². The standard InChI is InChI=1S/C12H17NS2/c1-4-8(2)13-11-7-9(3)15-12-10(11)5-6-14-12/h4-6,8-9,11,13H,1,7H2,2-3H3/t8?,9-,11?/m0/s1. The molecule has 0 saturated heterocycles. The predicted octanol–water partition coefficient (Wildman–Crippen LogP) is 3.84. The summed E-state index contributed by atoms with van der Waals surface area (Å²) in [5.74, 6) is 0. The van der Waals surface area contributed by atoms with Crippen molar-refractivity contribution < 1.29 is 0 Å². The molecule has 0 aliphatic carbocycles. The molecule has 0 amide bonds. The third kappa shape index (κ3) is 2.47. The van der Waals surface area contributed by atoms with Crippen LogP contribution in [0.25, 0.3) is 0 Å². The first-order valence-electron chi connectivity index (χ1n) is 5.33. The molecule has 1 aromatic rings. The van der Waals surface area contributed by atoms with Gasteiger partial charge in [0.05, 0.1) is 4.21 Å². The van der Waals surface area contributed by atoms with Gasteiger partial charge in [-0.15, -0.1) is 29.7 Å². The van der Waals surface area contributed by atoms with Crippen LogP contribution in [0.2, 0.25) is 0 Å². The minimum Gasteiger partial charge on any atom is -0.304 e. The lowest BCUT2D eigenvalue weighted by atomic mass is 10.0. The van der Waals surface area contributed by atoms with Gasteiger partial charge in [0.1, 0.15) is 0 Å². The largest absolute Gasteiger partial charge is 0.304 e. The van der Waals surface area contributed by atoms with Crippen molar-refractivity contribution in [2.75, 3.05) is 0 Å². The lowest BCUT2D eigenvalue weighted by molar-refractivity contribution is 0.465. The van der Waals surface area contributed by atoms with Crippen molar-refractivity contribution in [2.45, 2.75) is 41.8 Å². The lowest BCUT2D eigenvalue weighted by Crippen LogP contribution is -2.32. The fourth-order valence-corrected chi connectivity index (χ4v) is 4.46. The molecule has 0 spiro atoms. The molecule has 3 atom stereocenters. The smallest absolute Gasteiger partial charge is 0.0649 e. The van der Waals surface area contributed by atoms with Crippen molar-refractivity contribution in [3.8, 4) is 0 Å². The second kappa shape index (κ2) is 4.73. The maximum atomic E-state index is 3.82. The predicted molar refractivity (Wildman–Crippen MR) is 69.8 cm³/mol. The zero-order chi connectivity index (χ0) is 10.8. The van der Waals surface area contributed by atoms with Crippen LogP contribution in [0.1, 0.15) is 31.9 Å². The SMILES string of the molecule is C=CC(C)NC1C[C@H](C)Sc2sccc21. The molecule has 2 unspecified atom stereocenters. The van der Waals surface area contributed by atoms with Crippen molar-refractivity contribution >= 4 is 23.1 Å². The molecule has 1 aliphatic heterocycles. The minimum atomic E-state index is 0.387. The molecule has 0 bridgehead atoms. The quantitative estimate of drug-likeness (QED) is 0.804. The Hall–Kier alpha value is -0.250. The van der Waals surface area contributed by atoms with Gasteiger partial charge in [0.15, 0.2) is 0 Å². The van der Waals surface area contributed by atoms with E-state index in [0.717, 1.165) is 0 Å². The molecular formula is C12H17NS2. The Bertz CT molecular complexity index is 345. The van der Waals surface area contributed by atoms with Crippen LogP contribution in [-0.2, 0) is 0 Å². The Labute approximate surface area is 100.0 Å². The maximum absolute atomic E-state index is 3.82. The fraction of sp³-hybridized carbons (Fsp3) is 0.500. The molecule has 1 N–H and O–H groups in total. The summed E-state index contributed by atoms with van der Waals surface area (Å²) in [5.41, 5.74) is 1.48. The first-order valence-corrected chi connectivity index (χ1v) is 7.09. The molecule has 0 saturated carbocycles. The van der Waals surface area contributed by atoms with Gasteiger partial charge in [-0.1, -0.05) is 13.0 Å². The average Bonchev–Trinajstić information content (AvgIpc) is 2.65. The van der Waals surface area contributed by atoms with E-state index in [2.05, 4.69) is 37.2 Å². The van der Waals surface area contributed by atoms with Crippen molar-refractivity contribution in [2.24, 2.45) is 0 Å². The Balaban J connectivity index is 2.16. The van der Waals surface area contributed by atoms with Gasteiger partial charge in [-0.25, -0.2) is 0 Å². The molecular weight excluding hydrogens is 222 g/mol. The van der Waals surface area contributed by atoms with Crippen molar-refractivity contribution in [1.82, 2.24) is 5.32 Å².